The van der Waals surface area contributed by atoms with Crippen molar-refractivity contribution in [2.75, 3.05) is 25.7 Å². The maximum Gasteiger partial charge on any atom is 0.306 e. The third kappa shape index (κ3) is 5.63. The highest BCUT2D eigenvalue weighted by Crippen LogP contribution is 2.17. The topological polar surface area (TPSA) is 125 Å². The van der Waals surface area contributed by atoms with Crippen molar-refractivity contribution in [1.29, 1.82) is 0 Å². The van der Waals surface area contributed by atoms with Crippen molar-refractivity contribution in [1.82, 2.24) is 19.5 Å². The van der Waals surface area contributed by atoms with E-state index in [1.54, 1.807) is 6.33 Å². The normalized spacial score (nSPS) is 12.7. The molecule has 0 aliphatic heterocycles. The molecule has 144 valence electrons. The summed E-state index contributed by atoms with van der Waals surface area (Å²) in [6.07, 6.45) is 2.69. The summed E-state index contributed by atoms with van der Waals surface area (Å²) in [6, 6.07) is 0. The van der Waals surface area contributed by atoms with Crippen molar-refractivity contribution in [3.63, 3.8) is 0 Å². The number of aliphatic hydroxyl groups is 1. The highest BCUT2D eigenvalue weighted by Gasteiger charge is 2.16. The van der Waals surface area contributed by atoms with E-state index in [-0.39, 0.29) is 30.5 Å². The van der Waals surface area contributed by atoms with E-state index < -0.39 is 0 Å². The number of aliphatic hydroxyl groups excluding tert-OH is 1. The first kappa shape index (κ1) is 20.1. The first-order valence-corrected chi connectivity index (χ1v) is 8.69. The Balaban J connectivity index is 2.02. The van der Waals surface area contributed by atoms with Crippen LogP contribution in [0.4, 0.5) is 5.95 Å². The fraction of sp³-hybridized carbons (Fsp3) is 0.647. The van der Waals surface area contributed by atoms with E-state index in [9.17, 15) is 4.79 Å². The number of nitrogen functional groups attached to an aromatic ring is 1. The third-order valence-electron chi connectivity index (χ3n) is 3.92. The Morgan fingerprint density at radius 2 is 2.15 bits per heavy atom. The number of anilines is 1. The number of nitrogens with two attached hydrogens (primary N) is 1. The Hall–Kier alpha value is -2.26. The molecule has 0 unspecified atom stereocenters. The fourth-order valence-corrected chi connectivity index (χ4v) is 2.70. The molecule has 0 amide bonds. The Bertz CT molecular complexity index is 731. The lowest BCUT2D eigenvalue weighted by Gasteiger charge is -2.17. The van der Waals surface area contributed by atoms with Gasteiger partial charge in [-0.05, 0) is 19.3 Å². The highest BCUT2D eigenvalue weighted by atomic mass is 16.6. The number of hydrogen-bond donors (Lipinski definition) is 2. The number of imidazole rings is 1. The zero-order valence-corrected chi connectivity index (χ0v) is 15.5. The number of fused-ring (bicyclic) bond motifs is 1. The lowest BCUT2D eigenvalue weighted by Crippen LogP contribution is -2.20. The molecular weight excluding hydrogens is 338 g/mol. The van der Waals surface area contributed by atoms with Gasteiger partial charge in [-0.25, -0.2) is 9.97 Å². The number of ether oxygens (including phenoxy) is 2. The summed E-state index contributed by atoms with van der Waals surface area (Å²) in [6.45, 7) is 6.60. The lowest BCUT2D eigenvalue weighted by atomic mass is 10.1. The van der Waals surface area contributed by atoms with Crippen molar-refractivity contribution in [2.24, 2.45) is 11.8 Å². The number of nitrogens with zero attached hydrogens (tertiary/aromatic N) is 4. The van der Waals surface area contributed by atoms with Gasteiger partial charge in [-0.3, -0.25) is 4.79 Å². The second-order valence-electron chi connectivity index (χ2n) is 6.71. The monoisotopic (exact) mass is 365 g/mol. The molecule has 0 fully saturated rings. The summed E-state index contributed by atoms with van der Waals surface area (Å²) in [7, 11) is 0. The SMILES string of the molecule is Cc1nc(N)nc2c1ncn2C[C@@H](CCOC(=O)CC(C)C)COCO. The maximum absolute atomic E-state index is 11.7. The average Bonchev–Trinajstić information content (AvgIpc) is 2.94. The molecule has 9 nitrogen and oxygen atoms in total. The first-order valence-electron chi connectivity index (χ1n) is 8.69. The minimum Gasteiger partial charge on any atom is -0.466 e. The number of hydrogen-bond acceptors (Lipinski definition) is 8. The smallest absolute Gasteiger partial charge is 0.306 e. The number of aryl methyl sites for hydroxylation is 1. The van der Waals surface area contributed by atoms with Crippen LogP contribution in [0, 0.1) is 18.8 Å². The average molecular weight is 365 g/mol. The molecule has 9 heteroatoms. The summed E-state index contributed by atoms with van der Waals surface area (Å²) < 4.78 is 12.3. The molecule has 0 saturated carbocycles. The molecule has 0 spiro atoms. The first-order chi connectivity index (χ1) is 12.4. The second-order valence-corrected chi connectivity index (χ2v) is 6.71. The van der Waals surface area contributed by atoms with Gasteiger partial charge in [0.1, 0.15) is 12.3 Å². The van der Waals surface area contributed by atoms with Crippen LogP contribution in [0.25, 0.3) is 11.2 Å². The van der Waals surface area contributed by atoms with Gasteiger partial charge in [0.2, 0.25) is 5.95 Å². The van der Waals surface area contributed by atoms with Crippen LogP contribution in [0.3, 0.4) is 0 Å². The number of rotatable bonds is 10. The maximum atomic E-state index is 11.7. The molecule has 0 saturated heterocycles. The molecule has 2 rings (SSSR count). The molecule has 2 aromatic rings. The predicted octanol–water partition coefficient (Wildman–Crippen LogP) is 1.28. The van der Waals surface area contributed by atoms with Crippen LogP contribution in [-0.2, 0) is 20.8 Å². The molecule has 3 N–H and O–H groups in total. The zero-order valence-electron chi connectivity index (χ0n) is 15.5. The zero-order chi connectivity index (χ0) is 19.1. The largest absolute Gasteiger partial charge is 0.466 e. The van der Waals surface area contributed by atoms with Gasteiger partial charge < -0.3 is 24.9 Å². The number of esters is 1. The molecule has 0 aromatic carbocycles. The summed E-state index contributed by atoms with van der Waals surface area (Å²) in [4.78, 5) is 24.4. The van der Waals surface area contributed by atoms with Gasteiger partial charge in [-0.1, -0.05) is 13.8 Å². The van der Waals surface area contributed by atoms with E-state index in [1.807, 2.05) is 25.3 Å². The number of carbonyl (C=O) groups excluding carboxylic acids is 1. The Kier molecular flexibility index (Phi) is 7.28. The quantitative estimate of drug-likeness (QED) is 0.476. The second kappa shape index (κ2) is 9.44. The van der Waals surface area contributed by atoms with E-state index in [0.29, 0.717) is 43.8 Å². The van der Waals surface area contributed by atoms with Gasteiger partial charge >= 0.3 is 5.97 Å². The minimum absolute atomic E-state index is 0.0166. The van der Waals surface area contributed by atoms with E-state index in [0.717, 1.165) is 5.69 Å². The van der Waals surface area contributed by atoms with Gasteiger partial charge in [0.25, 0.3) is 0 Å². The summed E-state index contributed by atoms with van der Waals surface area (Å²) in [5.74, 6) is 0.276. The minimum atomic E-state index is -0.359. The fourth-order valence-electron chi connectivity index (χ4n) is 2.70. The molecule has 0 aliphatic rings. The van der Waals surface area contributed by atoms with Crippen LogP contribution in [0.15, 0.2) is 6.33 Å². The van der Waals surface area contributed by atoms with Crippen LogP contribution in [0.2, 0.25) is 0 Å². The molecule has 0 bridgehead atoms. The van der Waals surface area contributed by atoms with Crippen molar-refractivity contribution < 1.29 is 19.4 Å². The van der Waals surface area contributed by atoms with E-state index in [2.05, 4.69) is 15.0 Å². The van der Waals surface area contributed by atoms with E-state index in [1.165, 1.54) is 0 Å². The molecule has 2 heterocycles. The molecule has 26 heavy (non-hydrogen) atoms. The standard InChI is InChI=1S/C17H27N5O4/c1-11(2)6-14(24)26-5-4-13(8-25-10-23)7-22-9-19-15-12(3)20-17(18)21-16(15)22/h9,11,13,23H,4-8,10H2,1-3H3,(H2,18,20,21)/t13-/m1/s1. The summed E-state index contributed by atoms with van der Waals surface area (Å²) >= 11 is 0. The van der Waals surface area contributed by atoms with Crippen LogP contribution in [-0.4, -0.2) is 50.6 Å². The van der Waals surface area contributed by atoms with Gasteiger partial charge in [0.05, 0.1) is 25.2 Å². The molecule has 1 atom stereocenters. The molecule has 0 aliphatic carbocycles. The van der Waals surface area contributed by atoms with Crippen molar-refractivity contribution >= 4 is 23.1 Å². The summed E-state index contributed by atoms with van der Waals surface area (Å²) in [5.41, 5.74) is 7.81. The molecule has 0 radical (unpaired) electrons. The number of carbonyl (C=O) groups is 1. The lowest BCUT2D eigenvalue weighted by molar-refractivity contribution is -0.145. The predicted molar refractivity (Wildman–Crippen MR) is 96.0 cm³/mol. The van der Waals surface area contributed by atoms with Crippen LogP contribution >= 0.6 is 0 Å². The van der Waals surface area contributed by atoms with Crippen molar-refractivity contribution in [2.45, 2.75) is 40.2 Å². The molecular formula is C17H27N5O4. The Labute approximate surface area is 152 Å². The van der Waals surface area contributed by atoms with Crippen LogP contribution in [0.1, 0.15) is 32.4 Å². The van der Waals surface area contributed by atoms with E-state index in [4.69, 9.17) is 20.3 Å². The molecule has 2 aromatic heterocycles. The van der Waals surface area contributed by atoms with Crippen LogP contribution in [0.5, 0.6) is 0 Å². The van der Waals surface area contributed by atoms with Gasteiger partial charge in [0, 0.05) is 18.9 Å². The van der Waals surface area contributed by atoms with Crippen molar-refractivity contribution in [3.05, 3.63) is 12.0 Å². The Morgan fingerprint density at radius 3 is 2.85 bits per heavy atom. The summed E-state index contributed by atoms with van der Waals surface area (Å²) in [5, 5.41) is 8.93. The van der Waals surface area contributed by atoms with Gasteiger partial charge in [-0.15, -0.1) is 0 Å². The van der Waals surface area contributed by atoms with Gasteiger partial charge in [0.15, 0.2) is 5.65 Å². The Morgan fingerprint density at radius 1 is 1.38 bits per heavy atom. The van der Waals surface area contributed by atoms with Crippen molar-refractivity contribution in [3.8, 4) is 0 Å². The van der Waals surface area contributed by atoms with Crippen LogP contribution < -0.4 is 5.73 Å². The highest BCUT2D eigenvalue weighted by molar-refractivity contribution is 5.74. The van der Waals surface area contributed by atoms with Gasteiger partial charge in [-0.2, -0.15) is 4.98 Å². The number of aromatic nitrogens is 4. The third-order valence-corrected chi connectivity index (χ3v) is 3.92. The van der Waals surface area contributed by atoms with E-state index >= 15 is 0 Å².